The van der Waals surface area contributed by atoms with Crippen molar-refractivity contribution in [2.75, 3.05) is 0 Å². The van der Waals surface area contributed by atoms with E-state index in [1.165, 1.54) is 83.0 Å². The second kappa shape index (κ2) is 10.9. The molecule has 0 spiro atoms. The number of fused-ring (bicyclic) bond motifs is 9. The molecule has 0 saturated heterocycles. The molecule has 0 bridgehead atoms. The number of allylic oxidation sites excluding steroid dienone is 2. The van der Waals surface area contributed by atoms with Gasteiger partial charge in [0, 0.05) is 39.5 Å². The topological polar surface area (TPSA) is 42.8 Å². The maximum absolute atomic E-state index is 6.26. The molecule has 8 aromatic rings. The minimum atomic E-state index is 0.122. The molecule has 0 amide bonds. The van der Waals surface area contributed by atoms with E-state index < -0.39 is 0 Å². The van der Waals surface area contributed by atoms with Crippen LogP contribution in [0.1, 0.15) is 42.1 Å². The highest BCUT2D eigenvalue weighted by Crippen LogP contribution is 2.50. The molecule has 0 saturated carbocycles. The fourth-order valence-electron chi connectivity index (χ4n) is 8.99. The summed E-state index contributed by atoms with van der Waals surface area (Å²) in [6, 6.07) is 39.9. The number of hydrogen-bond acceptors (Lipinski definition) is 2. The first kappa shape index (κ1) is 28.7. The van der Waals surface area contributed by atoms with Gasteiger partial charge in [-0.1, -0.05) is 110 Å². The lowest BCUT2D eigenvalue weighted by molar-refractivity contribution is 0.271. The van der Waals surface area contributed by atoms with Crippen LogP contribution in [0.15, 0.2) is 128 Å². The Morgan fingerprint density at radius 1 is 0.804 bits per heavy atom. The van der Waals surface area contributed by atoms with Gasteiger partial charge in [0.15, 0.2) is 0 Å². The second-order valence-corrected chi connectivity index (χ2v) is 14.1. The third-order valence-corrected chi connectivity index (χ3v) is 11.3. The number of ether oxygens (including phenoxy) is 1. The molecule has 4 heteroatoms. The Kier molecular flexibility index (Phi) is 6.15. The van der Waals surface area contributed by atoms with E-state index in [-0.39, 0.29) is 6.10 Å². The van der Waals surface area contributed by atoms with E-state index in [1.807, 2.05) is 0 Å². The van der Waals surface area contributed by atoms with Gasteiger partial charge in [0.25, 0.3) is 0 Å². The van der Waals surface area contributed by atoms with Crippen LogP contribution in [0.4, 0.5) is 0 Å². The molecule has 0 unspecified atom stereocenters. The van der Waals surface area contributed by atoms with Gasteiger partial charge in [0.1, 0.15) is 17.7 Å². The lowest BCUT2D eigenvalue weighted by Gasteiger charge is -2.14. The maximum atomic E-state index is 6.26. The van der Waals surface area contributed by atoms with Gasteiger partial charge in [-0.3, -0.25) is 4.57 Å². The molecule has 1 atom stereocenters. The average Bonchev–Trinajstić information content (AvgIpc) is 3.92. The molecule has 1 N–H and O–H groups in total. The predicted molar refractivity (Wildman–Crippen MR) is 210 cm³/mol. The molecule has 3 aromatic heterocycles. The minimum absolute atomic E-state index is 0.122. The zero-order valence-corrected chi connectivity index (χ0v) is 28.4. The van der Waals surface area contributed by atoms with Crippen molar-refractivity contribution in [3.63, 3.8) is 0 Å². The predicted octanol–water partition coefficient (Wildman–Crippen LogP) is 11.7. The molecule has 0 fully saturated rings. The second-order valence-electron chi connectivity index (χ2n) is 14.1. The quantitative estimate of drug-likeness (QED) is 0.200. The van der Waals surface area contributed by atoms with E-state index in [1.54, 1.807) is 0 Å². The van der Waals surface area contributed by atoms with Crippen LogP contribution in [0.5, 0.6) is 5.75 Å². The van der Waals surface area contributed by atoms with Crippen molar-refractivity contribution in [3.05, 3.63) is 150 Å². The van der Waals surface area contributed by atoms with Crippen molar-refractivity contribution >= 4 is 44.4 Å². The number of pyridine rings is 1. The Labute approximate surface area is 296 Å². The van der Waals surface area contributed by atoms with Gasteiger partial charge in [-0.05, 0) is 99.7 Å². The number of H-pyrrole nitrogens is 1. The Morgan fingerprint density at radius 2 is 1.63 bits per heavy atom. The third-order valence-electron chi connectivity index (χ3n) is 11.3. The van der Waals surface area contributed by atoms with Crippen LogP contribution in [-0.2, 0) is 12.8 Å². The van der Waals surface area contributed by atoms with Crippen LogP contribution in [0, 0.1) is 0 Å². The van der Waals surface area contributed by atoms with Crippen molar-refractivity contribution in [2.45, 2.75) is 38.7 Å². The van der Waals surface area contributed by atoms with E-state index in [0.717, 1.165) is 48.3 Å². The SMILES string of the molecule is CC[C@@H]1Oc2ccccc2/C1=C/Cc1ccc2c(c1)-c1ccc(-c3ccc(-n4c5c(c6[nH]c7ccccc7c64)C=CCC5)nc3)c3cccc-2c13. The molecule has 5 aromatic carbocycles. The first-order valence-corrected chi connectivity index (χ1v) is 18.2. The van der Waals surface area contributed by atoms with Gasteiger partial charge in [-0.2, -0.15) is 0 Å². The summed E-state index contributed by atoms with van der Waals surface area (Å²) in [4.78, 5) is 8.85. The summed E-state index contributed by atoms with van der Waals surface area (Å²) in [5.41, 5.74) is 17.6. The van der Waals surface area contributed by atoms with E-state index >= 15 is 0 Å². The van der Waals surface area contributed by atoms with Crippen LogP contribution in [0.25, 0.3) is 83.6 Å². The summed E-state index contributed by atoms with van der Waals surface area (Å²) in [7, 11) is 0. The lowest BCUT2D eigenvalue weighted by atomic mass is 9.95. The number of nitrogens with zero attached hydrogens (tertiary/aromatic N) is 2. The summed E-state index contributed by atoms with van der Waals surface area (Å²) in [5, 5.41) is 3.84. The molecule has 4 nitrogen and oxygen atoms in total. The number of hydrogen-bond donors (Lipinski definition) is 1. The number of benzene rings is 5. The maximum Gasteiger partial charge on any atom is 0.137 e. The molecule has 3 aliphatic rings. The van der Waals surface area contributed by atoms with Gasteiger partial charge in [-0.15, -0.1) is 0 Å². The Morgan fingerprint density at radius 3 is 2.55 bits per heavy atom. The van der Waals surface area contributed by atoms with Crippen LogP contribution in [0.3, 0.4) is 0 Å². The van der Waals surface area contributed by atoms with Crippen LogP contribution in [-0.4, -0.2) is 20.6 Å². The standard InChI is InChI=1S/C47H35N3O/c1-2-42-33(32-10-5-8-17-43(32)51-42)22-19-28-18-21-31-35-14-9-13-34-30(23-24-36(45(34)35)39(31)26-28)29-20-25-44(48-27-29)50-41-16-7-4-12-38(41)46-47(50)37-11-3-6-15-40(37)49-46/h3-6,8-15,17-18,20-27,42,49H,2,7,16,19H2,1H3/b33-22-/t42-/m0/s1. The minimum Gasteiger partial charge on any atom is -0.485 e. The number of para-hydroxylation sites is 2. The summed E-state index contributed by atoms with van der Waals surface area (Å²) < 4.78 is 8.64. The molecular weight excluding hydrogens is 623 g/mol. The van der Waals surface area contributed by atoms with Crippen molar-refractivity contribution in [2.24, 2.45) is 0 Å². The molecule has 4 heterocycles. The van der Waals surface area contributed by atoms with Gasteiger partial charge < -0.3 is 9.72 Å². The normalized spacial score (nSPS) is 16.3. The van der Waals surface area contributed by atoms with Gasteiger partial charge >= 0.3 is 0 Å². The van der Waals surface area contributed by atoms with Crippen molar-refractivity contribution < 1.29 is 4.74 Å². The third kappa shape index (κ3) is 4.17. The van der Waals surface area contributed by atoms with Gasteiger partial charge in [0.2, 0.25) is 0 Å². The van der Waals surface area contributed by atoms with E-state index in [2.05, 4.69) is 150 Å². The van der Waals surface area contributed by atoms with Crippen molar-refractivity contribution in [3.8, 4) is 44.9 Å². The smallest absolute Gasteiger partial charge is 0.137 e. The highest BCUT2D eigenvalue weighted by Gasteiger charge is 2.28. The molecule has 2 aliphatic carbocycles. The number of rotatable bonds is 5. The summed E-state index contributed by atoms with van der Waals surface area (Å²) in [5.74, 6) is 1.96. The lowest BCUT2D eigenvalue weighted by Crippen LogP contribution is -2.10. The zero-order valence-electron chi connectivity index (χ0n) is 28.4. The summed E-state index contributed by atoms with van der Waals surface area (Å²) >= 11 is 0. The molecule has 1 aliphatic heterocycles. The van der Waals surface area contributed by atoms with Crippen molar-refractivity contribution in [1.29, 1.82) is 0 Å². The van der Waals surface area contributed by atoms with Gasteiger partial charge in [0.05, 0.1) is 11.0 Å². The first-order chi connectivity index (χ1) is 25.2. The fourth-order valence-corrected chi connectivity index (χ4v) is 8.99. The number of aromatic amines is 1. The largest absolute Gasteiger partial charge is 0.485 e. The highest BCUT2D eigenvalue weighted by molar-refractivity contribution is 6.18. The Bertz CT molecular complexity index is 2790. The van der Waals surface area contributed by atoms with Crippen molar-refractivity contribution in [1.82, 2.24) is 14.5 Å². The highest BCUT2D eigenvalue weighted by atomic mass is 16.5. The molecule has 51 heavy (non-hydrogen) atoms. The molecule has 11 rings (SSSR count). The Hall–Kier alpha value is -6.13. The summed E-state index contributed by atoms with van der Waals surface area (Å²) in [6.07, 6.45) is 13.0. The van der Waals surface area contributed by atoms with E-state index in [4.69, 9.17) is 9.72 Å². The zero-order chi connectivity index (χ0) is 33.6. The molecule has 244 valence electrons. The first-order valence-electron chi connectivity index (χ1n) is 18.2. The Balaban J connectivity index is 0.966. The van der Waals surface area contributed by atoms with E-state index in [0.29, 0.717) is 0 Å². The average molecular weight is 658 g/mol. The molecular formula is C47H35N3O. The number of nitrogens with one attached hydrogen (secondary N) is 1. The number of aromatic nitrogens is 3. The van der Waals surface area contributed by atoms with Gasteiger partial charge in [-0.25, -0.2) is 4.98 Å². The van der Waals surface area contributed by atoms with Crippen LogP contribution in [0.2, 0.25) is 0 Å². The monoisotopic (exact) mass is 657 g/mol. The van der Waals surface area contributed by atoms with Crippen LogP contribution >= 0.6 is 0 Å². The summed E-state index contributed by atoms with van der Waals surface area (Å²) in [6.45, 7) is 2.20. The fraction of sp³-hybridized carbons (Fsp3) is 0.128. The van der Waals surface area contributed by atoms with Crippen LogP contribution < -0.4 is 4.74 Å². The molecule has 0 radical (unpaired) electrons. The van der Waals surface area contributed by atoms with E-state index in [9.17, 15) is 0 Å².